The number of carbonyl (C=O) groups is 2. The summed E-state index contributed by atoms with van der Waals surface area (Å²) < 4.78 is 32.5. The monoisotopic (exact) mass is 362 g/mol. The molecule has 0 saturated heterocycles. The van der Waals surface area contributed by atoms with Gasteiger partial charge < -0.3 is 9.47 Å². The van der Waals surface area contributed by atoms with Crippen LogP contribution in [-0.2, 0) is 31.7 Å². The Kier molecular flexibility index (Phi) is 5.93. The Bertz CT molecular complexity index is 869. The van der Waals surface area contributed by atoms with Gasteiger partial charge in [0.25, 0.3) is 0 Å². The second-order valence-corrected chi connectivity index (χ2v) is 7.68. The lowest BCUT2D eigenvalue weighted by atomic mass is 10.1. The number of benzene rings is 2. The molecule has 0 unspecified atom stereocenters. The van der Waals surface area contributed by atoms with E-state index in [-0.39, 0.29) is 17.9 Å². The summed E-state index contributed by atoms with van der Waals surface area (Å²) in [5.74, 6) is -1.12. The second kappa shape index (κ2) is 7.94. The smallest absolute Gasteiger partial charge is 0.338 e. The highest BCUT2D eigenvalue weighted by molar-refractivity contribution is 7.89. The summed E-state index contributed by atoms with van der Waals surface area (Å²) in [4.78, 5) is 23.5. The predicted octanol–water partition coefficient (Wildman–Crippen LogP) is 2.37. The topological polar surface area (TPSA) is 86.7 Å². The normalized spacial score (nSPS) is 11.0. The summed E-state index contributed by atoms with van der Waals surface area (Å²) in [6, 6.07) is 12.8. The van der Waals surface area contributed by atoms with Gasteiger partial charge in [-0.15, -0.1) is 0 Å². The van der Waals surface area contributed by atoms with Crippen molar-refractivity contribution in [3.05, 3.63) is 70.8 Å². The number of ether oxygens (including phenoxy) is 2. The molecule has 0 aromatic heterocycles. The molecule has 0 aliphatic rings. The van der Waals surface area contributed by atoms with Gasteiger partial charge in [0.15, 0.2) is 9.84 Å². The Balaban J connectivity index is 2.00. The molecule has 2 aromatic carbocycles. The largest absolute Gasteiger partial charge is 0.465 e. The Morgan fingerprint density at radius 3 is 2.20 bits per heavy atom. The van der Waals surface area contributed by atoms with Crippen molar-refractivity contribution in [3.8, 4) is 0 Å². The average molecular weight is 362 g/mol. The molecule has 0 saturated carbocycles. The first-order valence-corrected chi connectivity index (χ1v) is 9.45. The van der Waals surface area contributed by atoms with Gasteiger partial charge in [0.1, 0.15) is 6.61 Å². The highest BCUT2D eigenvalue weighted by Gasteiger charge is 2.11. The zero-order valence-electron chi connectivity index (χ0n) is 13.9. The number of esters is 2. The Hall–Kier alpha value is -2.67. The fourth-order valence-electron chi connectivity index (χ4n) is 2.18. The van der Waals surface area contributed by atoms with Crippen LogP contribution in [0.25, 0.3) is 0 Å². The molecule has 6 nitrogen and oxygen atoms in total. The van der Waals surface area contributed by atoms with E-state index in [1.165, 1.54) is 13.2 Å². The summed E-state index contributed by atoms with van der Waals surface area (Å²) >= 11 is 0. The van der Waals surface area contributed by atoms with Crippen molar-refractivity contribution in [1.29, 1.82) is 0 Å². The van der Waals surface area contributed by atoms with E-state index < -0.39 is 21.8 Å². The van der Waals surface area contributed by atoms with Gasteiger partial charge >= 0.3 is 11.9 Å². The maximum Gasteiger partial charge on any atom is 0.338 e. The Morgan fingerprint density at radius 2 is 1.60 bits per heavy atom. The van der Waals surface area contributed by atoms with Crippen LogP contribution in [-0.4, -0.2) is 33.7 Å². The molecule has 0 atom stereocenters. The Morgan fingerprint density at radius 1 is 0.920 bits per heavy atom. The minimum Gasteiger partial charge on any atom is -0.465 e. The maximum absolute atomic E-state index is 12.1. The summed E-state index contributed by atoms with van der Waals surface area (Å²) in [6.45, 7) is 0.0383. The van der Waals surface area contributed by atoms with Crippen LogP contribution in [0.5, 0.6) is 0 Å². The van der Waals surface area contributed by atoms with E-state index in [1.54, 1.807) is 42.5 Å². The lowest BCUT2D eigenvalue weighted by molar-refractivity contribution is 0.0471. The van der Waals surface area contributed by atoms with Gasteiger partial charge in [0.05, 0.1) is 24.0 Å². The molecule has 0 bridgehead atoms. The van der Waals surface area contributed by atoms with Crippen LogP contribution in [0.2, 0.25) is 0 Å². The van der Waals surface area contributed by atoms with Gasteiger partial charge in [-0.2, -0.15) is 0 Å². The van der Waals surface area contributed by atoms with Gasteiger partial charge in [-0.25, -0.2) is 18.0 Å². The van der Waals surface area contributed by atoms with E-state index in [4.69, 9.17) is 4.74 Å². The van der Waals surface area contributed by atoms with Gasteiger partial charge in [0.2, 0.25) is 0 Å². The fourth-order valence-corrected chi connectivity index (χ4v) is 2.96. The summed E-state index contributed by atoms with van der Waals surface area (Å²) in [6.07, 6.45) is 1.13. The third-order valence-corrected chi connectivity index (χ3v) is 4.19. The second-order valence-electron chi connectivity index (χ2n) is 5.54. The lowest BCUT2D eigenvalue weighted by Crippen LogP contribution is -2.07. The minimum atomic E-state index is -3.18. The van der Waals surface area contributed by atoms with Gasteiger partial charge in [-0.05, 0) is 35.4 Å². The third-order valence-electron chi connectivity index (χ3n) is 3.34. The molecule has 0 spiro atoms. The van der Waals surface area contributed by atoms with Crippen LogP contribution in [0, 0.1) is 0 Å². The molecule has 0 fully saturated rings. The third kappa shape index (κ3) is 5.72. The van der Waals surface area contributed by atoms with Crippen molar-refractivity contribution in [2.75, 3.05) is 13.4 Å². The fraction of sp³-hybridized carbons (Fsp3) is 0.222. The van der Waals surface area contributed by atoms with Crippen LogP contribution in [0.3, 0.4) is 0 Å². The molecule has 2 rings (SSSR count). The maximum atomic E-state index is 12.1. The number of sulfone groups is 1. The van der Waals surface area contributed by atoms with E-state index in [0.717, 1.165) is 6.26 Å². The van der Waals surface area contributed by atoms with Crippen molar-refractivity contribution in [3.63, 3.8) is 0 Å². The highest BCUT2D eigenvalue weighted by atomic mass is 32.2. The molecule has 7 heteroatoms. The van der Waals surface area contributed by atoms with Crippen molar-refractivity contribution in [2.24, 2.45) is 0 Å². The minimum absolute atomic E-state index is 0.0383. The molecule has 132 valence electrons. The van der Waals surface area contributed by atoms with Gasteiger partial charge in [0, 0.05) is 6.26 Å². The highest BCUT2D eigenvalue weighted by Crippen LogP contribution is 2.12. The zero-order chi connectivity index (χ0) is 18.4. The summed E-state index contributed by atoms with van der Waals surface area (Å²) in [5, 5.41) is 0. The molecule has 0 amide bonds. The molecule has 0 aliphatic carbocycles. The number of rotatable bonds is 6. The lowest BCUT2D eigenvalue weighted by Gasteiger charge is -2.07. The first-order valence-electron chi connectivity index (χ1n) is 7.39. The van der Waals surface area contributed by atoms with Crippen LogP contribution in [0.1, 0.15) is 31.8 Å². The molecule has 0 radical (unpaired) electrons. The van der Waals surface area contributed by atoms with Crippen LogP contribution < -0.4 is 0 Å². The quantitative estimate of drug-likeness (QED) is 0.733. The molecule has 0 heterocycles. The van der Waals surface area contributed by atoms with Gasteiger partial charge in [-0.1, -0.05) is 24.3 Å². The molecule has 25 heavy (non-hydrogen) atoms. The van der Waals surface area contributed by atoms with E-state index in [9.17, 15) is 18.0 Å². The van der Waals surface area contributed by atoms with Crippen molar-refractivity contribution >= 4 is 21.8 Å². The number of methoxy groups -OCH3 is 1. The summed E-state index contributed by atoms with van der Waals surface area (Å²) in [7, 11) is -1.88. The molecule has 2 aromatic rings. The molecule has 0 N–H and O–H groups in total. The first kappa shape index (κ1) is 18.7. The zero-order valence-corrected chi connectivity index (χ0v) is 14.7. The van der Waals surface area contributed by atoms with Crippen molar-refractivity contribution in [2.45, 2.75) is 12.4 Å². The Labute approximate surface area is 146 Å². The number of hydrogen-bond donors (Lipinski definition) is 0. The van der Waals surface area contributed by atoms with E-state index in [2.05, 4.69) is 4.74 Å². The number of carbonyl (C=O) groups excluding carboxylic acids is 2. The molecular weight excluding hydrogens is 344 g/mol. The molecule has 0 aliphatic heterocycles. The first-order chi connectivity index (χ1) is 11.8. The SMILES string of the molecule is COC(=O)c1ccc(COC(=O)c2cccc(CS(C)(=O)=O)c2)cc1. The van der Waals surface area contributed by atoms with Crippen LogP contribution in [0.15, 0.2) is 48.5 Å². The van der Waals surface area contributed by atoms with Gasteiger partial charge in [-0.3, -0.25) is 0 Å². The van der Waals surface area contributed by atoms with Crippen LogP contribution >= 0.6 is 0 Å². The molecular formula is C18H18O6S. The van der Waals surface area contributed by atoms with E-state index >= 15 is 0 Å². The van der Waals surface area contributed by atoms with E-state index in [1.807, 2.05) is 0 Å². The van der Waals surface area contributed by atoms with Crippen LogP contribution in [0.4, 0.5) is 0 Å². The predicted molar refractivity (Wildman–Crippen MR) is 91.9 cm³/mol. The standard InChI is InChI=1S/C18H18O6S/c1-23-17(19)15-8-6-13(7-9-15)11-24-18(20)16-5-3-4-14(10-16)12-25(2,21)22/h3-10H,11-12H2,1-2H3. The summed E-state index contributed by atoms with van der Waals surface area (Å²) in [5.41, 5.74) is 1.94. The number of hydrogen-bond acceptors (Lipinski definition) is 6. The van der Waals surface area contributed by atoms with E-state index in [0.29, 0.717) is 16.7 Å². The average Bonchev–Trinajstić information content (AvgIpc) is 2.58. The van der Waals surface area contributed by atoms with Crippen molar-refractivity contribution in [1.82, 2.24) is 0 Å². The van der Waals surface area contributed by atoms with Crippen molar-refractivity contribution < 1.29 is 27.5 Å².